The number of hydrogen-bond donors (Lipinski definition) is 0. The maximum absolute atomic E-state index is 6.22. The van der Waals surface area contributed by atoms with Crippen LogP contribution < -0.4 is 4.74 Å². The molecule has 2 aromatic carbocycles. The Kier molecular flexibility index (Phi) is 5.29. The number of methoxy groups -OCH3 is 1. The number of benzene rings is 2. The Morgan fingerprint density at radius 2 is 1.96 bits per heavy atom. The lowest BCUT2D eigenvalue weighted by molar-refractivity contribution is 0.0279. The van der Waals surface area contributed by atoms with Gasteiger partial charge in [-0.05, 0) is 30.2 Å². The highest BCUT2D eigenvalue weighted by atomic mass is 16.5. The normalized spacial score (nSPS) is 12.1. The number of rotatable bonds is 7. The number of nitrogens with zero attached hydrogens (tertiary/aromatic N) is 2. The molecule has 0 N–H and O–H groups in total. The number of aryl methyl sites for hydroxylation is 1. The lowest BCUT2D eigenvalue weighted by Crippen LogP contribution is -2.12. The Morgan fingerprint density at radius 1 is 1.12 bits per heavy atom. The molecular weight excluding hydrogens is 300 g/mol. The summed E-state index contributed by atoms with van der Waals surface area (Å²) in [6, 6.07) is 16.5. The van der Waals surface area contributed by atoms with Gasteiger partial charge in [-0.2, -0.15) is 0 Å². The molecule has 24 heavy (non-hydrogen) atoms. The van der Waals surface area contributed by atoms with Crippen LogP contribution in [-0.4, -0.2) is 16.7 Å². The third-order valence-corrected chi connectivity index (χ3v) is 3.97. The van der Waals surface area contributed by atoms with Crippen LogP contribution in [0.5, 0.6) is 5.75 Å². The highest BCUT2D eigenvalue weighted by Crippen LogP contribution is 2.23. The molecule has 0 spiro atoms. The van der Waals surface area contributed by atoms with Crippen molar-refractivity contribution >= 4 is 0 Å². The first-order valence-electron chi connectivity index (χ1n) is 8.01. The molecule has 0 saturated carbocycles. The first kappa shape index (κ1) is 16.3. The van der Waals surface area contributed by atoms with Gasteiger partial charge < -0.3 is 14.0 Å². The second-order valence-electron chi connectivity index (χ2n) is 5.82. The molecule has 0 aliphatic carbocycles. The smallest absolute Gasteiger partial charge is 0.119 e. The van der Waals surface area contributed by atoms with Crippen LogP contribution in [0.15, 0.2) is 67.3 Å². The van der Waals surface area contributed by atoms with Gasteiger partial charge >= 0.3 is 0 Å². The number of ether oxygens (including phenoxy) is 2. The predicted molar refractivity (Wildman–Crippen MR) is 93.9 cm³/mol. The Labute approximate surface area is 142 Å². The van der Waals surface area contributed by atoms with Crippen LogP contribution >= 0.6 is 0 Å². The lowest BCUT2D eigenvalue weighted by atomic mass is 10.1. The standard InChI is InChI=1S/C20H22N2O2/c1-16-6-8-18(9-7-16)20(13-22-11-10-21-15-22)24-14-17-4-3-5-19(12-17)23-2/h3-12,15,20H,13-14H2,1-2H3. The topological polar surface area (TPSA) is 36.3 Å². The minimum absolute atomic E-state index is 0.0361. The number of aromatic nitrogens is 2. The van der Waals surface area contributed by atoms with Gasteiger partial charge in [-0.15, -0.1) is 0 Å². The van der Waals surface area contributed by atoms with Crippen LogP contribution in [-0.2, 0) is 17.9 Å². The summed E-state index contributed by atoms with van der Waals surface area (Å²) in [4.78, 5) is 4.11. The fourth-order valence-electron chi connectivity index (χ4n) is 2.58. The van der Waals surface area contributed by atoms with E-state index in [-0.39, 0.29) is 6.10 Å². The quantitative estimate of drug-likeness (QED) is 0.655. The maximum atomic E-state index is 6.22. The summed E-state index contributed by atoms with van der Waals surface area (Å²) < 4.78 is 13.5. The van der Waals surface area contributed by atoms with E-state index in [0.29, 0.717) is 6.61 Å². The third-order valence-electron chi connectivity index (χ3n) is 3.97. The van der Waals surface area contributed by atoms with E-state index in [1.165, 1.54) is 5.56 Å². The van der Waals surface area contributed by atoms with Gasteiger partial charge in [0.15, 0.2) is 0 Å². The van der Waals surface area contributed by atoms with Crippen molar-refractivity contribution in [2.45, 2.75) is 26.2 Å². The molecule has 3 aromatic rings. The molecule has 0 amide bonds. The largest absolute Gasteiger partial charge is 0.497 e. The van der Waals surface area contributed by atoms with Crippen molar-refractivity contribution in [1.29, 1.82) is 0 Å². The molecule has 4 heteroatoms. The fourth-order valence-corrected chi connectivity index (χ4v) is 2.58. The third kappa shape index (κ3) is 4.24. The SMILES string of the molecule is COc1cccc(COC(Cn2ccnc2)c2ccc(C)cc2)c1. The Morgan fingerprint density at radius 3 is 2.67 bits per heavy atom. The summed E-state index contributed by atoms with van der Waals surface area (Å²) in [7, 11) is 1.67. The molecule has 0 fully saturated rings. The highest BCUT2D eigenvalue weighted by molar-refractivity contribution is 5.28. The van der Waals surface area contributed by atoms with Crippen LogP contribution in [0.25, 0.3) is 0 Å². The van der Waals surface area contributed by atoms with Gasteiger partial charge in [0.1, 0.15) is 11.9 Å². The molecule has 1 unspecified atom stereocenters. The first-order chi connectivity index (χ1) is 11.7. The predicted octanol–water partition coefficient (Wildman–Crippen LogP) is 4.16. The van der Waals surface area contributed by atoms with Crippen LogP contribution in [0, 0.1) is 6.92 Å². The Bertz CT molecular complexity index is 752. The van der Waals surface area contributed by atoms with Gasteiger partial charge in [-0.3, -0.25) is 0 Å². The van der Waals surface area contributed by atoms with Gasteiger partial charge in [0.05, 0.1) is 26.6 Å². The molecule has 3 rings (SSSR count). The lowest BCUT2D eigenvalue weighted by Gasteiger charge is -2.19. The van der Waals surface area contributed by atoms with Gasteiger partial charge in [0.25, 0.3) is 0 Å². The second-order valence-corrected chi connectivity index (χ2v) is 5.82. The van der Waals surface area contributed by atoms with E-state index >= 15 is 0 Å². The maximum Gasteiger partial charge on any atom is 0.119 e. The van der Waals surface area contributed by atoms with Crippen molar-refractivity contribution in [3.63, 3.8) is 0 Å². The summed E-state index contributed by atoms with van der Waals surface area (Å²) >= 11 is 0. The van der Waals surface area contributed by atoms with Crippen LogP contribution in [0.4, 0.5) is 0 Å². The monoisotopic (exact) mass is 322 g/mol. The van der Waals surface area contributed by atoms with Gasteiger partial charge in [-0.25, -0.2) is 4.98 Å². The summed E-state index contributed by atoms with van der Waals surface area (Å²) in [5.74, 6) is 0.845. The number of imidazole rings is 1. The van der Waals surface area contributed by atoms with E-state index in [0.717, 1.165) is 23.4 Å². The van der Waals surface area contributed by atoms with E-state index in [4.69, 9.17) is 9.47 Å². The van der Waals surface area contributed by atoms with Gasteiger partial charge in [-0.1, -0.05) is 42.0 Å². The minimum atomic E-state index is -0.0361. The molecule has 4 nitrogen and oxygen atoms in total. The van der Waals surface area contributed by atoms with Gasteiger partial charge in [0, 0.05) is 12.4 Å². The van der Waals surface area contributed by atoms with Crippen molar-refractivity contribution in [3.8, 4) is 5.75 Å². The zero-order chi connectivity index (χ0) is 16.8. The van der Waals surface area contributed by atoms with Crippen molar-refractivity contribution < 1.29 is 9.47 Å². The van der Waals surface area contributed by atoms with Crippen LogP contribution in [0.2, 0.25) is 0 Å². The first-order valence-corrected chi connectivity index (χ1v) is 8.01. The van der Waals surface area contributed by atoms with E-state index in [1.807, 2.05) is 41.4 Å². The molecule has 124 valence electrons. The summed E-state index contributed by atoms with van der Waals surface area (Å²) in [6.45, 7) is 3.35. The average molecular weight is 322 g/mol. The molecule has 1 heterocycles. The zero-order valence-electron chi connectivity index (χ0n) is 14.1. The van der Waals surface area contributed by atoms with Crippen molar-refractivity contribution in [2.24, 2.45) is 0 Å². The van der Waals surface area contributed by atoms with Crippen molar-refractivity contribution in [2.75, 3.05) is 7.11 Å². The molecule has 0 aliphatic heterocycles. The van der Waals surface area contributed by atoms with E-state index in [2.05, 4.69) is 36.2 Å². The molecule has 0 aliphatic rings. The fraction of sp³-hybridized carbons (Fsp3) is 0.250. The van der Waals surface area contributed by atoms with E-state index in [9.17, 15) is 0 Å². The van der Waals surface area contributed by atoms with Crippen LogP contribution in [0.3, 0.4) is 0 Å². The summed E-state index contributed by atoms with van der Waals surface area (Å²) in [5.41, 5.74) is 3.50. The summed E-state index contributed by atoms with van der Waals surface area (Å²) in [6.07, 6.45) is 5.52. The minimum Gasteiger partial charge on any atom is -0.497 e. The highest BCUT2D eigenvalue weighted by Gasteiger charge is 2.13. The van der Waals surface area contributed by atoms with Crippen molar-refractivity contribution in [1.82, 2.24) is 9.55 Å². The molecule has 0 saturated heterocycles. The van der Waals surface area contributed by atoms with Crippen LogP contribution in [0.1, 0.15) is 22.8 Å². The molecular formula is C20H22N2O2. The molecule has 0 radical (unpaired) electrons. The molecule has 1 aromatic heterocycles. The molecule has 1 atom stereocenters. The Balaban J connectivity index is 1.75. The van der Waals surface area contributed by atoms with Gasteiger partial charge in [0.2, 0.25) is 0 Å². The molecule has 0 bridgehead atoms. The van der Waals surface area contributed by atoms with E-state index in [1.54, 1.807) is 13.3 Å². The summed E-state index contributed by atoms with van der Waals surface area (Å²) in [5, 5.41) is 0. The van der Waals surface area contributed by atoms with E-state index < -0.39 is 0 Å². The zero-order valence-corrected chi connectivity index (χ0v) is 14.1. The second kappa shape index (κ2) is 7.79. The Hall–Kier alpha value is -2.59. The van der Waals surface area contributed by atoms with Crippen molar-refractivity contribution in [3.05, 3.63) is 83.9 Å². The average Bonchev–Trinajstić information content (AvgIpc) is 3.13. The number of hydrogen-bond acceptors (Lipinski definition) is 3.